The lowest BCUT2D eigenvalue weighted by atomic mass is 10.2. The third kappa shape index (κ3) is 3.63. The minimum Gasteiger partial charge on any atom is -0.371 e. The third-order valence-electron chi connectivity index (χ3n) is 4.67. The molecule has 1 N–H and O–H groups in total. The van der Waals surface area contributed by atoms with Gasteiger partial charge in [0.1, 0.15) is 10.7 Å². The van der Waals surface area contributed by atoms with Gasteiger partial charge in [-0.05, 0) is 36.6 Å². The van der Waals surface area contributed by atoms with Gasteiger partial charge in [-0.25, -0.2) is 4.98 Å². The first-order chi connectivity index (χ1) is 12.7. The van der Waals surface area contributed by atoms with Crippen molar-refractivity contribution in [1.82, 2.24) is 4.98 Å². The number of nitrogens with one attached hydrogen (secondary N) is 1. The van der Waals surface area contributed by atoms with Gasteiger partial charge in [0.2, 0.25) is 0 Å². The molecule has 0 saturated carbocycles. The Morgan fingerprint density at radius 2 is 1.92 bits per heavy atom. The Bertz CT molecular complexity index is 889. The minimum absolute atomic E-state index is 0.175. The molecule has 1 aliphatic rings. The summed E-state index contributed by atoms with van der Waals surface area (Å²) in [5, 5.41) is 5.60. The van der Waals surface area contributed by atoms with E-state index >= 15 is 0 Å². The van der Waals surface area contributed by atoms with E-state index in [4.69, 9.17) is 0 Å². The normalized spacial score (nSPS) is 16.7. The van der Waals surface area contributed by atoms with Crippen LogP contribution in [0.2, 0.25) is 0 Å². The summed E-state index contributed by atoms with van der Waals surface area (Å²) in [6.45, 7) is 4.49. The van der Waals surface area contributed by atoms with Gasteiger partial charge in [0.05, 0.1) is 0 Å². The van der Waals surface area contributed by atoms with Gasteiger partial charge < -0.3 is 10.2 Å². The lowest BCUT2D eigenvalue weighted by Crippen LogP contribution is -2.19. The molecule has 2 heterocycles. The first-order valence-electron chi connectivity index (χ1n) is 8.86. The Hall–Kier alpha value is -2.66. The zero-order valence-corrected chi connectivity index (χ0v) is 15.5. The second-order valence-corrected chi connectivity index (χ2v) is 7.60. The average molecular weight is 363 g/mol. The van der Waals surface area contributed by atoms with Crippen molar-refractivity contribution in [3.63, 3.8) is 0 Å². The van der Waals surface area contributed by atoms with Gasteiger partial charge in [0, 0.05) is 35.4 Å². The molecule has 4 nitrogen and oxygen atoms in total. The second-order valence-electron chi connectivity index (χ2n) is 6.74. The standard InChI is InChI=1S/C21H21N3OS/c1-15-11-12-24(13-15)18-9-7-17(8-10-18)22-20(25)19-14-26-21(23-19)16-5-3-2-4-6-16/h2-10,14-15H,11-13H2,1H3,(H,22,25). The van der Waals surface area contributed by atoms with Crippen LogP contribution in [0.1, 0.15) is 23.8 Å². The molecule has 5 heteroatoms. The van der Waals surface area contributed by atoms with Crippen LogP contribution in [0.15, 0.2) is 60.0 Å². The van der Waals surface area contributed by atoms with Gasteiger partial charge >= 0.3 is 0 Å². The number of benzene rings is 2. The van der Waals surface area contributed by atoms with E-state index in [2.05, 4.69) is 34.3 Å². The summed E-state index contributed by atoms with van der Waals surface area (Å²) in [5.41, 5.74) is 3.49. The Labute approximate surface area is 157 Å². The SMILES string of the molecule is CC1CCN(c2ccc(NC(=O)c3csc(-c4ccccc4)n3)cc2)C1. The number of hydrogen-bond donors (Lipinski definition) is 1. The molecule has 1 amide bonds. The molecule has 132 valence electrons. The van der Waals surface area contributed by atoms with Gasteiger partial charge in [-0.3, -0.25) is 4.79 Å². The zero-order valence-electron chi connectivity index (χ0n) is 14.7. The Kier molecular flexibility index (Phi) is 4.71. The summed E-state index contributed by atoms with van der Waals surface area (Å²) in [5.74, 6) is 0.573. The second kappa shape index (κ2) is 7.30. The van der Waals surface area contributed by atoms with E-state index in [1.54, 1.807) is 5.38 Å². The quantitative estimate of drug-likeness (QED) is 0.716. The minimum atomic E-state index is -0.175. The highest BCUT2D eigenvalue weighted by atomic mass is 32.1. The zero-order chi connectivity index (χ0) is 17.9. The van der Waals surface area contributed by atoms with Gasteiger partial charge in [-0.1, -0.05) is 37.3 Å². The molecule has 2 aromatic carbocycles. The number of thiazole rings is 1. The van der Waals surface area contributed by atoms with Crippen LogP contribution in [-0.4, -0.2) is 24.0 Å². The Balaban J connectivity index is 1.43. The van der Waals surface area contributed by atoms with Crippen molar-refractivity contribution in [2.75, 3.05) is 23.3 Å². The van der Waals surface area contributed by atoms with Crippen LogP contribution in [0.25, 0.3) is 10.6 Å². The van der Waals surface area contributed by atoms with Crippen LogP contribution >= 0.6 is 11.3 Å². The highest BCUT2D eigenvalue weighted by Gasteiger charge is 2.19. The number of carbonyl (C=O) groups is 1. The maximum atomic E-state index is 12.5. The van der Waals surface area contributed by atoms with Crippen molar-refractivity contribution in [3.8, 4) is 10.6 Å². The van der Waals surface area contributed by atoms with Crippen LogP contribution in [0, 0.1) is 5.92 Å². The molecule has 0 aliphatic carbocycles. The maximum absolute atomic E-state index is 12.5. The van der Waals surface area contributed by atoms with Crippen molar-refractivity contribution in [2.24, 2.45) is 5.92 Å². The molecule has 1 aromatic heterocycles. The molecule has 1 unspecified atom stereocenters. The number of hydrogen-bond acceptors (Lipinski definition) is 4. The molecule has 0 radical (unpaired) electrons. The highest BCUT2D eigenvalue weighted by Crippen LogP contribution is 2.26. The fourth-order valence-corrected chi connectivity index (χ4v) is 4.02. The van der Waals surface area contributed by atoms with E-state index in [1.165, 1.54) is 23.4 Å². The Morgan fingerprint density at radius 1 is 1.15 bits per heavy atom. The Morgan fingerprint density at radius 3 is 2.62 bits per heavy atom. The monoisotopic (exact) mass is 363 g/mol. The lowest BCUT2D eigenvalue weighted by molar-refractivity contribution is 0.102. The van der Waals surface area contributed by atoms with Crippen molar-refractivity contribution >= 4 is 28.6 Å². The first kappa shape index (κ1) is 16.8. The summed E-state index contributed by atoms with van der Waals surface area (Å²) in [7, 11) is 0. The molecular weight excluding hydrogens is 342 g/mol. The van der Waals surface area contributed by atoms with Crippen LogP contribution < -0.4 is 10.2 Å². The summed E-state index contributed by atoms with van der Waals surface area (Å²) < 4.78 is 0. The predicted octanol–water partition coefficient (Wildman–Crippen LogP) is 4.91. The molecule has 1 fully saturated rings. The van der Waals surface area contributed by atoms with Crippen LogP contribution in [0.5, 0.6) is 0 Å². The predicted molar refractivity (Wildman–Crippen MR) is 108 cm³/mol. The smallest absolute Gasteiger partial charge is 0.275 e. The van der Waals surface area contributed by atoms with Crippen molar-refractivity contribution in [2.45, 2.75) is 13.3 Å². The maximum Gasteiger partial charge on any atom is 0.275 e. The molecule has 4 rings (SSSR count). The number of amides is 1. The van der Waals surface area contributed by atoms with E-state index in [1.807, 2.05) is 42.5 Å². The number of anilines is 2. The van der Waals surface area contributed by atoms with Crippen molar-refractivity contribution in [3.05, 3.63) is 65.7 Å². The van der Waals surface area contributed by atoms with Gasteiger partial charge in [0.25, 0.3) is 5.91 Å². The number of carbonyl (C=O) groups excluding carboxylic acids is 1. The molecule has 1 atom stereocenters. The molecule has 0 spiro atoms. The molecule has 1 aliphatic heterocycles. The average Bonchev–Trinajstić information content (AvgIpc) is 3.32. The van der Waals surface area contributed by atoms with E-state index in [-0.39, 0.29) is 5.91 Å². The summed E-state index contributed by atoms with van der Waals surface area (Å²) in [6.07, 6.45) is 1.24. The summed E-state index contributed by atoms with van der Waals surface area (Å²) in [6, 6.07) is 18.0. The van der Waals surface area contributed by atoms with Crippen LogP contribution in [0.4, 0.5) is 11.4 Å². The topological polar surface area (TPSA) is 45.2 Å². The van der Waals surface area contributed by atoms with Crippen molar-refractivity contribution in [1.29, 1.82) is 0 Å². The van der Waals surface area contributed by atoms with Gasteiger partial charge in [0.15, 0.2) is 0 Å². The highest BCUT2D eigenvalue weighted by molar-refractivity contribution is 7.13. The third-order valence-corrected chi connectivity index (χ3v) is 5.56. The number of aromatic nitrogens is 1. The number of rotatable bonds is 4. The van der Waals surface area contributed by atoms with E-state index in [0.29, 0.717) is 5.69 Å². The first-order valence-corrected chi connectivity index (χ1v) is 9.74. The largest absolute Gasteiger partial charge is 0.371 e. The number of nitrogens with zero attached hydrogens (tertiary/aromatic N) is 2. The molecular formula is C21H21N3OS. The fraction of sp³-hybridized carbons (Fsp3) is 0.238. The van der Waals surface area contributed by atoms with Crippen molar-refractivity contribution < 1.29 is 4.79 Å². The van der Waals surface area contributed by atoms with E-state index < -0.39 is 0 Å². The molecule has 1 saturated heterocycles. The summed E-state index contributed by atoms with van der Waals surface area (Å²) in [4.78, 5) is 19.3. The van der Waals surface area contributed by atoms with Gasteiger partial charge in [-0.2, -0.15) is 0 Å². The van der Waals surface area contributed by atoms with Crippen LogP contribution in [-0.2, 0) is 0 Å². The van der Waals surface area contributed by atoms with Gasteiger partial charge in [-0.15, -0.1) is 11.3 Å². The molecule has 0 bridgehead atoms. The lowest BCUT2D eigenvalue weighted by Gasteiger charge is -2.18. The van der Waals surface area contributed by atoms with Crippen LogP contribution in [0.3, 0.4) is 0 Å². The fourth-order valence-electron chi connectivity index (χ4n) is 3.21. The van der Waals surface area contributed by atoms with E-state index in [0.717, 1.165) is 35.3 Å². The van der Waals surface area contributed by atoms with E-state index in [9.17, 15) is 4.79 Å². The summed E-state index contributed by atoms with van der Waals surface area (Å²) >= 11 is 1.48. The molecule has 3 aromatic rings. The molecule has 26 heavy (non-hydrogen) atoms.